The first kappa shape index (κ1) is 82.6. The van der Waals surface area contributed by atoms with Crippen molar-refractivity contribution in [3.05, 3.63) is 486 Å². The molecule has 0 N–H and O–H groups in total. The normalized spacial score (nSPS) is 11.5. The summed E-state index contributed by atoms with van der Waals surface area (Å²) in [4.78, 5) is 38.5. The second-order valence-electron chi connectivity index (χ2n) is 35.4. The zero-order chi connectivity index (χ0) is 93.2. The third-order valence-corrected chi connectivity index (χ3v) is 27.0. The van der Waals surface area contributed by atoms with Crippen LogP contribution < -0.4 is 0 Å². The first-order chi connectivity index (χ1) is 69.9. The summed E-state index contributed by atoms with van der Waals surface area (Å²) in [6.45, 7) is 0. The maximum absolute atomic E-state index is 6.84. The van der Waals surface area contributed by atoms with E-state index in [4.69, 9.17) is 38.2 Å². The molecule has 0 fully saturated rings. The van der Waals surface area contributed by atoms with Gasteiger partial charge in [0.25, 0.3) is 0 Å². The molecule has 0 saturated heterocycles. The van der Waals surface area contributed by atoms with Crippen LogP contribution in [-0.2, 0) is 0 Å². The Labute approximate surface area is 810 Å². The van der Waals surface area contributed by atoms with Crippen LogP contribution in [0.15, 0.2) is 499 Å². The minimum atomic E-state index is 0.636. The number of furan rings is 3. The van der Waals surface area contributed by atoms with Crippen LogP contribution in [0, 0.1) is 0 Å². The first-order valence-electron chi connectivity index (χ1n) is 47.3. The minimum Gasteiger partial charge on any atom is -0.455 e. The number of hydrogen-bond donors (Lipinski definition) is 0. The Morgan fingerprint density at radius 3 is 0.972 bits per heavy atom. The summed E-state index contributed by atoms with van der Waals surface area (Å²) < 4.78 is 20.4. The van der Waals surface area contributed by atoms with Crippen LogP contribution >= 0.6 is 0 Å². The van der Waals surface area contributed by atoms with Gasteiger partial charge in [-0.2, -0.15) is 0 Å². The van der Waals surface area contributed by atoms with E-state index in [2.05, 4.69) is 379 Å². The van der Waals surface area contributed by atoms with Crippen LogP contribution in [0.3, 0.4) is 0 Å². The molecule has 28 rings (SSSR count). The molecule has 11 heteroatoms. The summed E-state index contributed by atoms with van der Waals surface area (Å²) >= 11 is 0. The monoisotopic (exact) mass is 1800 g/mol. The van der Waals surface area contributed by atoms with E-state index in [1.807, 2.05) is 109 Å². The predicted octanol–water partition coefficient (Wildman–Crippen LogP) is 34.5. The van der Waals surface area contributed by atoms with E-state index in [-0.39, 0.29) is 0 Å². The zero-order valence-electron chi connectivity index (χ0n) is 76.0. The second kappa shape index (κ2) is 35.3. The fourth-order valence-electron chi connectivity index (χ4n) is 20.2. The molecule has 9 heterocycles. The van der Waals surface area contributed by atoms with Crippen LogP contribution in [0.2, 0.25) is 0 Å². The van der Waals surface area contributed by atoms with Crippen molar-refractivity contribution in [3.8, 4) is 146 Å². The quantitative estimate of drug-likeness (QED) is 0.102. The highest BCUT2D eigenvalue weighted by molar-refractivity contribution is 6.24. The van der Waals surface area contributed by atoms with Crippen molar-refractivity contribution < 1.29 is 13.3 Å². The molecule has 0 amide bonds. The van der Waals surface area contributed by atoms with E-state index in [0.29, 0.717) is 17.5 Å². The zero-order valence-corrected chi connectivity index (χ0v) is 76.0. The lowest BCUT2D eigenvalue weighted by molar-refractivity contribution is 0.673. The van der Waals surface area contributed by atoms with Crippen molar-refractivity contribution in [1.29, 1.82) is 0 Å². The number of aromatic nitrogens is 8. The maximum Gasteiger partial charge on any atom is 0.164 e. The average molecular weight is 1800 g/mol. The molecule has 0 aliphatic rings. The Morgan fingerprint density at radius 1 is 0.135 bits per heavy atom. The molecular weight excluding hydrogens is 1720 g/mol. The molecule has 0 unspecified atom stereocenters. The van der Waals surface area contributed by atoms with Crippen LogP contribution in [0.5, 0.6) is 0 Å². The van der Waals surface area contributed by atoms with Gasteiger partial charge in [-0.3, -0.25) is 15.0 Å². The predicted molar refractivity (Wildman–Crippen MR) is 579 cm³/mol. The molecule has 0 aliphatic heterocycles. The summed E-state index contributed by atoms with van der Waals surface area (Å²) in [6, 6.07) is 162. The molecule has 0 aliphatic carbocycles. The molecule has 19 aromatic carbocycles. The highest BCUT2D eigenvalue weighted by atomic mass is 16.3. The molecule has 0 radical (unpaired) electrons. The van der Waals surface area contributed by atoms with Crippen molar-refractivity contribution in [3.63, 3.8) is 0 Å². The van der Waals surface area contributed by atoms with E-state index in [1.165, 1.54) is 49.4 Å². The molecule has 0 saturated carbocycles. The SMILES string of the molecule is c1ccc(-c2cc3c4cccc(-c5ccc(-c6cc(-c7ccccn7)nc(-c7ccccn7)c6)cc5)c4oc3c3ccccc23)cc1.c1ccc(-c2cc3c4cccc(-c5cccc(-c6ccc7ccc8cccnc8c7n6)c5)c4oc3c3ccccc23)cc1.c1ccc(-c2nc(-c3ccccc3)nc(-c3ccc(-c4cc5c6cccc(-c7cccc8ccccc78)c6oc5c5ccccc45)cc3)n2)cc1. The largest absolute Gasteiger partial charge is 0.455 e. The standard InChI is InChI=1S/C47H29N3O.C43H27N3O.C40H24N2O/c1-3-14-32(15-4-1)45-48-46(33-16-5-2-6-17-33)50-47(49-45)34-27-25-31(26-28-34)41-29-42-40-24-12-23-39(36-22-11-18-30-13-7-8-19-35(30)36)43(40)51-44(42)38-21-10-9-20-37(38)41;1-2-11-29(12-3-1)36-27-37-35-16-10-15-32(42(35)47-43(37)34-14-5-4-13-33(34)36)30-21-19-28(20-22-30)31-25-40(38-17-6-8-23-44-38)46-41(26-31)39-18-7-9-24-45-39;1-2-9-25(10-3-1)34-24-35-33-17-7-16-30(39(33)43-40(35)32-15-5-4-14-31(32)34)28-11-6-12-29(23-28)36-21-20-27-19-18-26-13-8-22-41-37(26)38(27)42-36/h1-29H;1-27H;1-24H. The van der Waals surface area contributed by atoms with Crippen LogP contribution in [0.1, 0.15) is 0 Å². The van der Waals surface area contributed by atoms with E-state index in [0.717, 1.165) is 210 Å². The number of hydrogen-bond acceptors (Lipinski definition) is 11. The lowest BCUT2D eigenvalue weighted by atomic mass is 9.93. The molecule has 658 valence electrons. The Balaban J connectivity index is 0.000000109. The minimum absolute atomic E-state index is 0.636. The van der Waals surface area contributed by atoms with Gasteiger partial charge in [0, 0.05) is 117 Å². The van der Waals surface area contributed by atoms with Gasteiger partial charge in [-0.15, -0.1) is 0 Å². The summed E-state index contributed by atoms with van der Waals surface area (Å²) in [6.07, 6.45) is 5.42. The van der Waals surface area contributed by atoms with Gasteiger partial charge in [0.1, 0.15) is 33.5 Å². The number of pyridine rings is 5. The number of nitrogens with zero attached hydrogens (tertiary/aromatic N) is 8. The molecule has 28 aromatic rings. The van der Waals surface area contributed by atoms with Crippen molar-refractivity contribution in [2.45, 2.75) is 0 Å². The number of fused-ring (bicyclic) bond motifs is 19. The molecule has 9 aromatic heterocycles. The summed E-state index contributed by atoms with van der Waals surface area (Å²) in [5, 5.41) is 18.1. The van der Waals surface area contributed by atoms with Gasteiger partial charge in [0.15, 0.2) is 17.5 Å². The molecular formula is C130H80N8O3. The Hall–Kier alpha value is -19.1. The van der Waals surface area contributed by atoms with Gasteiger partial charge in [-0.1, -0.05) is 394 Å². The maximum atomic E-state index is 6.84. The van der Waals surface area contributed by atoms with Gasteiger partial charge in [0.2, 0.25) is 0 Å². The van der Waals surface area contributed by atoms with E-state index >= 15 is 0 Å². The third-order valence-electron chi connectivity index (χ3n) is 27.0. The number of para-hydroxylation sites is 3. The highest BCUT2D eigenvalue weighted by Crippen LogP contribution is 2.49. The van der Waals surface area contributed by atoms with Crippen LogP contribution in [-0.4, -0.2) is 39.9 Å². The van der Waals surface area contributed by atoms with Crippen molar-refractivity contribution >= 4 is 131 Å². The number of rotatable bonds is 13. The summed E-state index contributed by atoms with van der Waals surface area (Å²) in [5.41, 5.74) is 31.1. The van der Waals surface area contributed by atoms with Gasteiger partial charge >= 0.3 is 0 Å². The molecule has 11 nitrogen and oxygen atoms in total. The fourth-order valence-corrected chi connectivity index (χ4v) is 20.2. The molecule has 0 bridgehead atoms. The fraction of sp³-hybridized carbons (Fsp3) is 0. The van der Waals surface area contributed by atoms with Gasteiger partial charge < -0.3 is 13.3 Å². The Morgan fingerprint density at radius 2 is 0.468 bits per heavy atom. The van der Waals surface area contributed by atoms with Crippen LogP contribution in [0.25, 0.3) is 277 Å². The van der Waals surface area contributed by atoms with Crippen molar-refractivity contribution in [2.75, 3.05) is 0 Å². The van der Waals surface area contributed by atoms with E-state index in [1.54, 1.807) is 12.4 Å². The van der Waals surface area contributed by atoms with Crippen molar-refractivity contribution in [1.82, 2.24) is 39.9 Å². The Bertz CT molecular complexity index is 9600. The lowest BCUT2D eigenvalue weighted by Crippen LogP contribution is -2.00. The van der Waals surface area contributed by atoms with Gasteiger partial charge in [-0.05, 0) is 161 Å². The van der Waals surface area contributed by atoms with Gasteiger partial charge in [-0.25, -0.2) is 24.9 Å². The smallest absolute Gasteiger partial charge is 0.164 e. The number of benzene rings is 19. The highest BCUT2D eigenvalue weighted by Gasteiger charge is 2.25. The average Bonchev–Trinajstić information content (AvgIpc) is 1.59. The Kier molecular flexibility index (Phi) is 20.7. The van der Waals surface area contributed by atoms with E-state index < -0.39 is 0 Å². The van der Waals surface area contributed by atoms with Crippen molar-refractivity contribution in [2.24, 2.45) is 0 Å². The van der Waals surface area contributed by atoms with E-state index in [9.17, 15) is 0 Å². The third kappa shape index (κ3) is 15.1. The summed E-state index contributed by atoms with van der Waals surface area (Å²) in [7, 11) is 0. The second-order valence-corrected chi connectivity index (χ2v) is 35.4. The molecule has 0 atom stereocenters. The van der Waals surface area contributed by atoms with Gasteiger partial charge in [0.05, 0.1) is 39.5 Å². The lowest BCUT2D eigenvalue weighted by Gasteiger charge is -2.10. The first-order valence-corrected chi connectivity index (χ1v) is 47.3. The topological polar surface area (TPSA) is 143 Å². The van der Waals surface area contributed by atoms with Crippen LogP contribution in [0.4, 0.5) is 0 Å². The molecule has 0 spiro atoms. The molecule has 141 heavy (non-hydrogen) atoms. The summed E-state index contributed by atoms with van der Waals surface area (Å²) in [5.74, 6) is 1.93.